The van der Waals surface area contributed by atoms with Crippen LogP contribution in [0.15, 0.2) is 11.4 Å². The molecule has 0 rings (SSSR count). The number of hydrogen-bond acceptors (Lipinski definition) is 2. The molecule has 2 nitrogen and oxygen atoms in total. The Kier molecular flexibility index (Phi) is 3.08. The monoisotopic (exact) mass is 114 g/mol. The van der Waals surface area contributed by atoms with Crippen molar-refractivity contribution >= 4 is 0 Å². The summed E-state index contributed by atoms with van der Waals surface area (Å²) in [5.41, 5.74) is 2.38. The highest BCUT2D eigenvalue weighted by molar-refractivity contribution is 5.03. The molecule has 0 saturated carbocycles. The Morgan fingerprint density at radius 2 is 1.12 bits per heavy atom. The molecule has 0 aliphatic carbocycles. The smallest absolute Gasteiger partial charge is 0.0262 e. The molecule has 0 amide bonds. The van der Waals surface area contributed by atoms with E-state index in [-0.39, 0.29) is 0 Å². The minimum Gasteiger partial charge on any atom is -0.390 e. The van der Waals surface area contributed by atoms with Gasteiger partial charge < -0.3 is 10.6 Å². The van der Waals surface area contributed by atoms with E-state index in [0.717, 1.165) is 0 Å². The van der Waals surface area contributed by atoms with Crippen LogP contribution in [0.1, 0.15) is 13.8 Å². The third-order valence-electron chi connectivity index (χ3n) is 1.31. The minimum atomic E-state index is 1.19. The van der Waals surface area contributed by atoms with Gasteiger partial charge in [0.15, 0.2) is 0 Å². The van der Waals surface area contributed by atoms with Crippen molar-refractivity contribution in [1.29, 1.82) is 0 Å². The summed E-state index contributed by atoms with van der Waals surface area (Å²) in [6.45, 7) is 4.07. The Morgan fingerprint density at radius 1 is 0.875 bits per heavy atom. The first kappa shape index (κ1) is 7.34. The van der Waals surface area contributed by atoms with Crippen LogP contribution in [-0.2, 0) is 0 Å². The zero-order valence-corrected chi connectivity index (χ0v) is 6.00. The summed E-state index contributed by atoms with van der Waals surface area (Å²) in [6, 6.07) is 0. The van der Waals surface area contributed by atoms with Crippen molar-refractivity contribution in [1.82, 2.24) is 10.6 Å². The Balaban J connectivity index is 3.83. The van der Waals surface area contributed by atoms with Crippen molar-refractivity contribution in [2.45, 2.75) is 13.8 Å². The molecular formula is C6H14N2. The summed E-state index contributed by atoms with van der Waals surface area (Å²) in [7, 11) is 3.83. The fourth-order valence-corrected chi connectivity index (χ4v) is 0.375. The molecule has 0 atom stereocenters. The predicted octanol–water partition coefficient (Wildman–Crippen LogP) is 0.677. The number of rotatable bonds is 2. The predicted molar refractivity (Wildman–Crippen MR) is 36.5 cm³/mol. The molecule has 0 fully saturated rings. The van der Waals surface area contributed by atoms with Gasteiger partial charge in [-0.25, -0.2) is 0 Å². The molecule has 0 aromatic heterocycles. The van der Waals surface area contributed by atoms with E-state index >= 15 is 0 Å². The molecule has 0 bridgehead atoms. The maximum atomic E-state index is 3.03. The van der Waals surface area contributed by atoms with Gasteiger partial charge in [-0.1, -0.05) is 0 Å². The second kappa shape index (κ2) is 3.36. The standard InChI is InChI=1S/C6H14N2/c1-5(7-3)6(2)8-4/h7-8H,1-4H3. The Bertz CT molecular complexity index is 82.7. The SMILES string of the molecule is CNC(C)=C(C)NC. The van der Waals surface area contributed by atoms with E-state index in [4.69, 9.17) is 0 Å². The van der Waals surface area contributed by atoms with Crippen LogP contribution in [0.5, 0.6) is 0 Å². The van der Waals surface area contributed by atoms with Gasteiger partial charge in [-0.2, -0.15) is 0 Å². The van der Waals surface area contributed by atoms with Crippen LogP contribution in [0.4, 0.5) is 0 Å². The van der Waals surface area contributed by atoms with Gasteiger partial charge in [0.1, 0.15) is 0 Å². The molecule has 0 aromatic carbocycles. The van der Waals surface area contributed by atoms with Crippen LogP contribution < -0.4 is 10.6 Å². The van der Waals surface area contributed by atoms with E-state index in [1.54, 1.807) is 0 Å². The molecule has 0 aliphatic rings. The highest BCUT2D eigenvalue weighted by Gasteiger charge is 1.86. The molecule has 0 aromatic rings. The zero-order valence-electron chi connectivity index (χ0n) is 6.00. The fourth-order valence-electron chi connectivity index (χ4n) is 0.375. The first-order chi connectivity index (χ1) is 3.72. The van der Waals surface area contributed by atoms with Crippen LogP contribution in [-0.4, -0.2) is 14.1 Å². The molecule has 0 saturated heterocycles. The minimum absolute atomic E-state index is 1.19. The van der Waals surface area contributed by atoms with Gasteiger partial charge >= 0.3 is 0 Å². The second-order valence-corrected chi connectivity index (χ2v) is 1.75. The van der Waals surface area contributed by atoms with Gasteiger partial charge in [-0.15, -0.1) is 0 Å². The van der Waals surface area contributed by atoms with E-state index in [2.05, 4.69) is 10.6 Å². The lowest BCUT2D eigenvalue weighted by Crippen LogP contribution is -2.12. The normalized spacial score (nSPS) is 12.5. The molecule has 0 spiro atoms. The van der Waals surface area contributed by atoms with E-state index in [9.17, 15) is 0 Å². The van der Waals surface area contributed by atoms with Crippen molar-refractivity contribution in [2.24, 2.45) is 0 Å². The van der Waals surface area contributed by atoms with Gasteiger partial charge in [0.05, 0.1) is 0 Å². The first-order valence-corrected chi connectivity index (χ1v) is 2.75. The van der Waals surface area contributed by atoms with E-state index in [1.807, 2.05) is 27.9 Å². The summed E-state index contributed by atoms with van der Waals surface area (Å²) in [4.78, 5) is 0. The average Bonchev–Trinajstić information content (AvgIpc) is 1.84. The van der Waals surface area contributed by atoms with Crippen molar-refractivity contribution in [3.8, 4) is 0 Å². The van der Waals surface area contributed by atoms with Crippen molar-refractivity contribution in [2.75, 3.05) is 14.1 Å². The molecule has 8 heavy (non-hydrogen) atoms. The highest BCUT2D eigenvalue weighted by atomic mass is 14.9. The molecule has 0 aliphatic heterocycles. The van der Waals surface area contributed by atoms with Crippen LogP contribution in [0.25, 0.3) is 0 Å². The van der Waals surface area contributed by atoms with E-state index in [1.165, 1.54) is 11.4 Å². The first-order valence-electron chi connectivity index (χ1n) is 2.75. The van der Waals surface area contributed by atoms with E-state index < -0.39 is 0 Å². The topological polar surface area (TPSA) is 24.1 Å². The lowest BCUT2D eigenvalue weighted by molar-refractivity contribution is 0.879. The molecule has 2 heteroatoms. The van der Waals surface area contributed by atoms with Crippen molar-refractivity contribution in [3.05, 3.63) is 11.4 Å². The zero-order chi connectivity index (χ0) is 6.57. The number of allylic oxidation sites excluding steroid dienone is 2. The third kappa shape index (κ3) is 1.87. The van der Waals surface area contributed by atoms with E-state index in [0.29, 0.717) is 0 Å². The molecular weight excluding hydrogens is 100 g/mol. The van der Waals surface area contributed by atoms with Gasteiger partial charge in [-0.3, -0.25) is 0 Å². The maximum absolute atomic E-state index is 3.03. The van der Waals surface area contributed by atoms with Crippen LogP contribution in [0.2, 0.25) is 0 Å². The Hall–Kier alpha value is -0.660. The fraction of sp³-hybridized carbons (Fsp3) is 0.667. The number of nitrogens with one attached hydrogen (secondary N) is 2. The summed E-state index contributed by atoms with van der Waals surface area (Å²) in [6.07, 6.45) is 0. The molecule has 2 N–H and O–H groups in total. The quantitative estimate of drug-likeness (QED) is 0.551. The molecule has 0 unspecified atom stereocenters. The summed E-state index contributed by atoms with van der Waals surface area (Å²) < 4.78 is 0. The Labute approximate surface area is 51.0 Å². The van der Waals surface area contributed by atoms with Gasteiger partial charge in [0, 0.05) is 25.5 Å². The van der Waals surface area contributed by atoms with Gasteiger partial charge in [0.2, 0.25) is 0 Å². The van der Waals surface area contributed by atoms with Crippen molar-refractivity contribution < 1.29 is 0 Å². The average molecular weight is 114 g/mol. The second-order valence-electron chi connectivity index (χ2n) is 1.75. The van der Waals surface area contributed by atoms with Crippen LogP contribution >= 0.6 is 0 Å². The van der Waals surface area contributed by atoms with Crippen LogP contribution in [0.3, 0.4) is 0 Å². The van der Waals surface area contributed by atoms with Gasteiger partial charge in [0.25, 0.3) is 0 Å². The summed E-state index contributed by atoms with van der Waals surface area (Å²) in [5.74, 6) is 0. The summed E-state index contributed by atoms with van der Waals surface area (Å²) >= 11 is 0. The van der Waals surface area contributed by atoms with Crippen molar-refractivity contribution in [3.63, 3.8) is 0 Å². The molecule has 0 radical (unpaired) electrons. The van der Waals surface area contributed by atoms with Gasteiger partial charge in [-0.05, 0) is 13.8 Å². The number of hydrogen-bond donors (Lipinski definition) is 2. The lowest BCUT2D eigenvalue weighted by atomic mass is 10.4. The summed E-state index contributed by atoms with van der Waals surface area (Å²) in [5, 5.41) is 6.07. The molecule has 0 heterocycles. The largest absolute Gasteiger partial charge is 0.390 e. The highest BCUT2D eigenvalue weighted by Crippen LogP contribution is 1.90. The molecule has 48 valence electrons. The van der Waals surface area contributed by atoms with Crippen LogP contribution in [0, 0.1) is 0 Å². The lowest BCUT2D eigenvalue weighted by Gasteiger charge is -2.04. The third-order valence-corrected chi connectivity index (χ3v) is 1.31. The Morgan fingerprint density at radius 3 is 1.25 bits per heavy atom. The maximum Gasteiger partial charge on any atom is 0.0262 e.